The summed E-state index contributed by atoms with van der Waals surface area (Å²) in [6.45, 7) is 0.904. The highest BCUT2D eigenvalue weighted by Crippen LogP contribution is 2.15. The molecular formula is C21H22N4O2. The molecule has 0 spiro atoms. The van der Waals surface area contributed by atoms with Crippen molar-refractivity contribution in [2.75, 3.05) is 12.4 Å². The third-order valence-corrected chi connectivity index (χ3v) is 3.82. The first-order valence-corrected chi connectivity index (χ1v) is 8.55. The second-order valence-electron chi connectivity index (χ2n) is 5.83. The van der Waals surface area contributed by atoms with Crippen molar-refractivity contribution in [3.05, 3.63) is 84.1 Å². The summed E-state index contributed by atoms with van der Waals surface area (Å²) in [6.07, 6.45) is 1.71. The standard InChI is InChI=1S/C21H22N4O2/c1-26-19-9-7-18(8-10-19)25-21(22)24-14-17-11-12-23-20(13-17)27-15-16-5-3-2-4-6-16/h2-13H,14-15H2,1H3,(H3,22,24,25). The maximum absolute atomic E-state index is 5.96. The highest BCUT2D eigenvalue weighted by Gasteiger charge is 2.01. The van der Waals surface area contributed by atoms with E-state index in [1.807, 2.05) is 66.7 Å². The van der Waals surface area contributed by atoms with E-state index >= 15 is 0 Å². The maximum Gasteiger partial charge on any atom is 0.213 e. The molecule has 0 aliphatic carbocycles. The molecule has 6 nitrogen and oxygen atoms in total. The van der Waals surface area contributed by atoms with Crippen LogP contribution in [0.3, 0.4) is 0 Å². The van der Waals surface area contributed by atoms with Gasteiger partial charge in [0, 0.05) is 18.0 Å². The number of ether oxygens (including phenoxy) is 2. The number of hydrogen-bond acceptors (Lipinski definition) is 4. The van der Waals surface area contributed by atoms with Gasteiger partial charge in [-0.25, -0.2) is 9.98 Å². The number of benzene rings is 2. The summed E-state index contributed by atoms with van der Waals surface area (Å²) in [5.41, 5.74) is 8.86. The number of methoxy groups -OCH3 is 1. The molecule has 1 aromatic heterocycles. The first-order valence-electron chi connectivity index (χ1n) is 8.55. The zero-order chi connectivity index (χ0) is 18.9. The number of guanidine groups is 1. The molecule has 0 unspecified atom stereocenters. The van der Waals surface area contributed by atoms with Crippen LogP contribution < -0.4 is 20.5 Å². The van der Waals surface area contributed by atoms with Gasteiger partial charge in [-0.15, -0.1) is 0 Å². The van der Waals surface area contributed by atoms with Gasteiger partial charge in [-0.3, -0.25) is 0 Å². The van der Waals surface area contributed by atoms with Crippen LogP contribution in [0.1, 0.15) is 11.1 Å². The predicted octanol–water partition coefficient (Wildman–Crippen LogP) is 3.60. The van der Waals surface area contributed by atoms with E-state index in [2.05, 4.69) is 15.3 Å². The zero-order valence-corrected chi connectivity index (χ0v) is 15.1. The number of aromatic nitrogens is 1. The van der Waals surface area contributed by atoms with E-state index in [1.165, 1.54) is 0 Å². The number of nitrogens with two attached hydrogens (primary N) is 1. The molecule has 2 aromatic carbocycles. The Morgan fingerprint density at radius 3 is 2.56 bits per heavy atom. The fraction of sp³-hybridized carbons (Fsp3) is 0.143. The van der Waals surface area contributed by atoms with Crippen LogP contribution in [0.25, 0.3) is 0 Å². The molecule has 0 saturated heterocycles. The molecule has 0 atom stereocenters. The number of aliphatic imine (C=N–C) groups is 1. The van der Waals surface area contributed by atoms with Gasteiger partial charge < -0.3 is 20.5 Å². The van der Waals surface area contributed by atoms with Crippen LogP contribution in [0.15, 0.2) is 77.9 Å². The molecule has 3 aromatic rings. The van der Waals surface area contributed by atoms with E-state index in [9.17, 15) is 0 Å². The summed E-state index contributed by atoms with van der Waals surface area (Å²) < 4.78 is 10.9. The number of hydrogen-bond donors (Lipinski definition) is 2. The molecule has 0 saturated carbocycles. The highest BCUT2D eigenvalue weighted by molar-refractivity contribution is 5.92. The van der Waals surface area contributed by atoms with Crippen molar-refractivity contribution in [3.63, 3.8) is 0 Å². The first kappa shape index (κ1) is 18.3. The van der Waals surface area contributed by atoms with E-state index in [0.717, 1.165) is 22.6 Å². The van der Waals surface area contributed by atoms with Crippen molar-refractivity contribution in [2.45, 2.75) is 13.2 Å². The van der Waals surface area contributed by atoms with Gasteiger partial charge >= 0.3 is 0 Å². The fourth-order valence-electron chi connectivity index (χ4n) is 2.40. The first-order chi connectivity index (χ1) is 13.2. The van der Waals surface area contributed by atoms with Crippen LogP contribution in [0, 0.1) is 0 Å². The lowest BCUT2D eigenvalue weighted by Crippen LogP contribution is -2.22. The maximum atomic E-state index is 5.96. The van der Waals surface area contributed by atoms with Gasteiger partial charge in [0.1, 0.15) is 12.4 Å². The quantitative estimate of drug-likeness (QED) is 0.496. The predicted molar refractivity (Wildman–Crippen MR) is 107 cm³/mol. The number of nitrogens with zero attached hydrogens (tertiary/aromatic N) is 2. The molecule has 0 bridgehead atoms. The zero-order valence-electron chi connectivity index (χ0n) is 15.1. The lowest BCUT2D eigenvalue weighted by molar-refractivity contribution is 0.293. The summed E-state index contributed by atoms with van der Waals surface area (Å²) in [5.74, 6) is 1.69. The van der Waals surface area contributed by atoms with E-state index in [-0.39, 0.29) is 0 Å². The number of pyridine rings is 1. The van der Waals surface area contributed by atoms with Gasteiger partial charge in [0.25, 0.3) is 0 Å². The summed E-state index contributed by atoms with van der Waals surface area (Å²) >= 11 is 0. The molecule has 0 aliphatic rings. The molecule has 3 N–H and O–H groups in total. The van der Waals surface area contributed by atoms with Gasteiger partial charge in [0.2, 0.25) is 5.88 Å². The monoisotopic (exact) mass is 362 g/mol. The van der Waals surface area contributed by atoms with Crippen molar-refractivity contribution in [2.24, 2.45) is 10.7 Å². The number of rotatable bonds is 7. The third-order valence-electron chi connectivity index (χ3n) is 3.82. The molecule has 0 radical (unpaired) electrons. The highest BCUT2D eigenvalue weighted by atomic mass is 16.5. The van der Waals surface area contributed by atoms with Crippen LogP contribution in [-0.2, 0) is 13.2 Å². The average molecular weight is 362 g/mol. The number of nitrogens with one attached hydrogen (secondary N) is 1. The Bertz CT molecular complexity index is 880. The molecular weight excluding hydrogens is 340 g/mol. The molecule has 0 aliphatic heterocycles. The Morgan fingerprint density at radius 2 is 1.81 bits per heavy atom. The van der Waals surface area contributed by atoms with Gasteiger partial charge in [0.15, 0.2) is 5.96 Å². The molecule has 3 rings (SSSR count). The van der Waals surface area contributed by atoms with E-state index in [0.29, 0.717) is 25.0 Å². The lowest BCUT2D eigenvalue weighted by Gasteiger charge is -2.08. The Morgan fingerprint density at radius 1 is 1.04 bits per heavy atom. The Balaban J connectivity index is 1.55. The van der Waals surface area contributed by atoms with E-state index < -0.39 is 0 Å². The van der Waals surface area contributed by atoms with Gasteiger partial charge in [-0.1, -0.05) is 30.3 Å². The SMILES string of the molecule is COc1ccc(NC(N)=NCc2ccnc(OCc3ccccc3)c2)cc1. The second-order valence-corrected chi connectivity index (χ2v) is 5.83. The van der Waals surface area contributed by atoms with Crippen LogP contribution in [-0.4, -0.2) is 18.1 Å². The minimum Gasteiger partial charge on any atom is -0.497 e. The van der Waals surface area contributed by atoms with Crippen molar-refractivity contribution in [3.8, 4) is 11.6 Å². The van der Waals surface area contributed by atoms with Crippen molar-refractivity contribution in [1.82, 2.24) is 4.98 Å². The average Bonchev–Trinajstić information content (AvgIpc) is 2.72. The molecule has 0 amide bonds. The van der Waals surface area contributed by atoms with Crippen LogP contribution in [0.2, 0.25) is 0 Å². The van der Waals surface area contributed by atoms with Crippen LogP contribution >= 0.6 is 0 Å². The van der Waals surface area contributed by atoms with Gasteiger partial charge in [-0.2, -0.15) is 0 Å². The lowest BCUT2D eigenvalue weighted by atomic mass is 10.2. The summed E-state index contributed by atoms with van der Waals surface area (Å²) in [6, 6.07) is 21.2. The molecule has 138 valence electrons. The smallest absolute Gasteiger partial charge is 0.213 e. The van der Waals surface area contributed by atoms with Gasteiger partial charge in [0.05, 0.1) is 13.7 Å². The second kappa shape index (κ2) is 9.24. The molecule has 6 heteroatoms. The van der Waals surface area contributed by atoms with Crippen molar-refractivity contribution in [1.29, 1.82) is 0 Å². The number of anilines is 1. The largest absolute Gasteiger partial charge is 0.497 e. The molecule has 27 heavy (non-hydrogen) atoms. The van der Waals surface area contributed by atoms with Crippen molar-refractivity contribution < 1.29 is 9.47 Å². The molecule has 1 heterocycles. The third kappa shape index (κ3) is 5.74. The van der Waals surface area contributed by atoms with Crippen molar-refractivity contribution >= 4 is 11.6 Å². The normalized spacial score (nSPS) is 11.1. The van der Waals surface area contributed by atoms with E-state index in [1.54, 1.807) is 13.3 Å². The summed E-state index contributed by atoms with van der Waals surface area (Å²) in [7, 11) is 1.63. The van der Waals surface area contributed by atoms with Crippen LogP contribution in [0.5, 0.6) is 11.6 Å². The fourth-order valence-corrected chi connectivity index (χ4v) is 2.40. The minimum absolute atomic E-state index is 0.337. The Hall–Kier alpha value is -3.54. The van der Waals surface area contributed by atoms with Crippen LogP contribution in [0.4, 0.5) is 5.69 Å². The van der Waals surface area contributed by atoms with Gasteiger partial charge in [-0.05, 0) is 41.5 Å². The molecule has 0 fully saturated rings. The summed E-state index contributed by atoms with van der Waals surface area (Å²) in [4.78, 5) is 8.60. The summed E-state index contributed by atoms with van der Waals surface area (Å²) in [5, 5.41) is 3.05. The minimum atomic E-state index is 0.337. The Kier molecular flexibility index (Phi) is 6.25. The Labute approximate surface area is 158 Å². The van der Waals surface area contributed by atoms with E-state index in [4.69, 9.17) is 15.2 Å². The topological polar surface area (TPSA) is 81.8 Å².